The summed E-state index contributed by atoms with van der Waals surface area (Å²) in [6, 6.07) is 9.22. The number of nitrogens with zero attached hydrogens (tertiary/aromatic N) is 1. The lowest BCUT2D eigenvalue weighted by molar-refractivity contribution is -0.0490. The zero-order chi connectivity index (χ0) is 12.9. The van der Waals surface area contributed by atoms with E-state index in [0.717, 1.165) is 19.0 Å². The van der Waals surface area contributed by atoms with E-state index in [0.29, 0.717) is 6.61 Å². The third kappa shape index (κ3) is 1.58. The molecule has 3 heteroatoms. The Kier molecular flexibility index (Phi) is 2.47. The van der Waals surface area contributed by atoms with Crippen LogP contribution in [0.1, 0.15) is 24.8 Å². The van der Waals surface area contributed by atoms with Crippen molar-refractivity contribution in [2.75, 3.05) is 13.2 Å². The second-order valence-electron chi connectivity index (χ2n) is 6.08. The van der Waals surface area contributed by atoms with E-state index in [1.165, 1.54) is 35.7 Å². The van der Waals surface area contributed by atoms with E-state index in [1.54, 1.807) is 0 Å². The monoisotopic (exact) mass is 256 g/mol. The minimum atomic E-state index is 0.136. The quantitative estimate of drug-likeness (QED) is 0.881. The molecule has 0 radical (unpaired) electrons. The van der Waals surface area contributed by atoms with Crippen LogP contribution in [0.4, 0.5) is 0 Å². The minimum absolute atomic E-state index is 0.136. The maximum absolute atomic E-state index is 9.61. The van der Waals surface area contributed by atoms with Crippen LogP contribution in [0.3, 0.4) is 0 Å². The highest BCUT2D eigenvalue weighted by atomic mass is 16.3. The number of aliphatic hydroxyl groups excluding tert-OH is 1. The van der Waals surface area contributed by atoms with Gasteiger partial charge in [-0.2, -0.15) is 0 Å². The summed E-state index contributed by atoms with van der Waals surface area (Å²) in [5.74, 6) is 0. The second-order valence-corrected chi connectivity index (χ2v) is 6.08. The number of hydrogen-bond acceptors (Lipinski definition) is 2. The van der Waals surface area contributed by atoms with Crippen LogP contribution in [0.2, 0.25) is 0 Å². The fraction of sp³-hybridized carbons (Fsp3) is 0.500. The Morgan fingerprint density at radius 2 is 2.26 bits per heavy atom. The molecule has 3 fully saturated rings. The van der Waals surface area contributed by atoms with Crippen molar-refractivity contribution in [1.82, 2.24) is 9.88 Å². The van der Waals surface area contributed by atoms with Gasteiger partial charge in [0.1, 0.15) is 0 Å². The van der Waals surface area contributed by atoms with E-state index >= 15 is 0 Å². The number of aromatic nitrogens is 1. The molecule has 1 aromatic carbocycles. The number of benzene rings is 1. The molecule has 2 bridgehead atoms. The van der Waals surface area contributed by atoms with E-state index in [4.69, 9.17) is 0 Å². The maximum Gasteiger partial charge on any atom is 0.0616 e. The SMILES string of the molecule is OCC12CCC(C1)N2CCc1c[nH]c2ccccc12. The molecule has 0 amide bonds. The van der Waals surface area contributed by atoms with Gasteiger partial charge in [0, 0.05) is 35.2 Å². The van der Waals surface area contributed by atoms with Crippen molar-refractivity contribution in [3.05, 3.63) is 36.0 Å². The summed E-state index contributed by atoms with van der Waals surface area (Å²) in [7, 11) is 0. The fourth-order valence-electron chi connectivity index (χ4n) is 4.11. The number of aliphatic hydroxyl groups is 1. The summed E-state index contributed by atoms with van der Waals surface area (Å²) in [6.45, 7) is 1.41. The van der Waals surface area contributed by atoms with Crippen molar-refractivity contribution in [2.24, 2.45) is 0 Å². The van der Waals surface area contributed by atoms with E-state index in [1.807, 2.05) is 0 Å². The Morgan fingerprint density at radius 1 is 1.37 bits per heavy atom. The lowest BCUT2D eigenvalue weighted by Crippen LogP contribution is -2.61. The van der Waals surface area contributed by atoms with E-state index in [2.05, 4.69) is 40.3 Å². The number of hydrogen-bond donors (Lipinski definition) is 2. The number of para-hydroxylation sites is 1. The van der Waals surface area contributed by atoms with Crippen molar-refractivity contribution in [1.29, 1.82) is 0 Å². The average Bonchev–Trinajstić information content (AvgIpc) is 3.11. The van der Waals surface area contributed by atoms with E-state index in [-0.39, 0.29) is 5.54 Å². The van der Waals surface area contributed by atoms with Gasteiger partial charge in [0.2, 0.25) is 0 Å². The molecule has 5 rings (SSSR count). The summed E-state index contributed by atoms with van der Waals surface area (Å²) in [6.07, 6.45) is 6.87. The summed E-state index contributed by atoms with van der Waals surface area (Å²) in [5.41, 5.74) is 2.76. The standard InChI is InChI=1S/C16H20N2O/c19-11-16-7-5-13(9-16)18(16)8-6-12-10-17-15-4-2-1-3-14(12)15/h1-4,10,13,17,19H,5-9,11H2. The number of fused-ring (bicyclic) bond motifs is 2. The highest BCUT2D eigenvalue weighted by molar-refractivity contribution is 5.83. The molecule has 100 valence electrons. The lowest BCUT2D eigenvalue weighted by Gasteiger charge is -2.50. The van der Waals surface area contributed by atoms with Crippen LogP contribution >= 0.6 is 0 Å². The maximum atomic E-state index is 9.61. The molecule has 1 aromatic heterocycles. The van der Waals surface area contributed by atoms with Crippen LogP contribution in [0.25, 0.3) is 10.9 Å². The first-order chi connectivity index (χ1) is 9.32. The van der Waals surface area contributed by atoms with Gasteiger partial charge in [-0.25, -0.2) is 0 Å². The highest BCUT2D eigenvalue weighted by Gasteiger charge is 2.56. The molecule has 1 aliphatic carbocycles. The fourth-order valence-corrected chi connectivity index (χ4v) is 4.11. The van der Waals surface area contributed by atoms with Crippen LogP contribution in [0, 0.1) is 0 Å². The molecule has 3 aliphatic rings. The van der Waals surface area contributed by atoms with Crippen molar-refractivity contribution >= 4 is 10.9 Å². The summed E-state index contributed by atoms with van der Waals surface area (Å²) in [5, 5.41) is 11.0. The first-order valence-corrected chi connectivity index (χ1v) is 7.25. The van der Waals surface area contributed by atoms with Crippen molar-refractivity contribution < 1.29 is 5.11 Å². The van der Waals surface area contributed by atoms with Gasteiger partial charge in [-0.15, -0.1) is 0 Å². The smallest absolute Gasteiger partial charge is 0.0616 e. The van der Waals surface area contributed by atoms with Gasteiger partial charge in [0.15, 0.2) is 0 Å². The van der Waals surface area contributed by atoms with Crippen molar-refractivity contribution in [3.8, 4) is 0 Å². The molecule has 2 N–H and O–H groups in total. The molecule has 2 saturated heterocycles. The first kappa shape index (κ1) is 11.5. The molecule has 3 heterocycles. The Bertz CT molecular complexity index is 602. The lowest BCUT2D eigenvalue weighted by atomic mass is 9.87. The predicted molar refractivity (Wildman–Crippen MR) is 76.2 cm³/mol. The molecule has 2 unspecified atom stereocenters. The van der Waals surface area contributed by atoms with E-state index < -0.39 is 0 Å². The predicted octanol–water partition coefficient (Wildman–Crippen LogP) is 2.31. The minimum Gasteiger partial charge on any atom is -0.394 e. The van der Waals surface area contributed by atoms with Crippen LogP contribution in [-0.2, 0) is 6.42 Å². The molecule has 2 atom stereocenters. The summed E-state index contributed by atoms with van der Waals surface area (Å²) < 4.78 is 0. The van der Waals surface area contributed by atoms with Crippen LogP contribution in [0.15, 0.2) is 30.5 Å². The molecular formula is C16H20N2O. The zero-order valence-electron chi connectivity index (χ0n) is 11.1. The van der Waals surface area contributed by atoms with Gasteiger partial charge < -0.3 is 10.1 Å². The normalized spacial score (nSPS) is 29.8. The largest absolute Gasteiger partial charge is 0.394 e. The van der Waals surface area contributed by atoms with Crippen LogP contribution < -0.4 is 0 Å². The van der Waals surface area contributed by atoms with Gasteiger partial charge in [-0.1, -0.05) is 18.2 Å². The average molecular weight is 256 g/mol. The summed E-state index contributed by atoms with van der Waals surface area (Å²) >= 11 is 0. The number of nitrogens with one attached hydrogen (secondary N) is 1. The molecular weight excluding hydrogens is 236 g/mol. The Morgan fingerprint density at radius 3 is 3.11 bits per heavy atom. The van der Waals surface area contributed by atoms with Gasteiger partial charge in [-0.3, -0.25) is 4.90 Å². The molecule has 2 aliphatic heterocycles. The molecule has 3 nitrogen and oxygen atoms in total. The Hall–Kier alpha value is -1.32. The first-order valence-electron chi connectivity index (χ1n) is 7.25. The number of aromatic amines is 1. The second kappa shape index (κ2) is 4.09. The van der Waals surface area contributed by atoms with Gasteiger partial charge >= 0.3 is 0 Å². The van der Waals surface area contributed by atoms with Crippen LogP contribution in [0.5, 0.6) is 0 Å². The Labute approximate surface area is 113 Å². The van der Waals surface area contributed by atoms with Crippen LogP contribution in [-0.4, -0.2) is 39.7 Å². The third-order valence-electron chi connectivity index (χ3n) is 5.20. The van der Waals surface area contributed by atoms with Gasteiger partial charge in [0.05, 0.1) is 6.61 Å². The highest BCUT2D eigenvalue weighted by Crippen LogP contribution is 2.49. The molecule has 2 aromatic rings. The van der Waals surface area contributed by atoms with E-state index in [9.17, 15) is 5.11 Å². The number of rotatable bonds is 4. The zero-order valence-corrected chi connectivity index (χ0v) is 11.1. The topological polar surface area (TPSA) is 39.3 Å². The number of H-pyrrole nitrogens is 1. The molecule has 0 spiro atoms. The summed E-state index contributed by atoms with van der Waals surface area (Å²) in [4.78, 5) is 5.88. The Balaban J connectivity index is 1.51. The molecule has 19 heavy (non-hydrogen) atoms. The molecule has 1 saturated carbocycles. The van der Waals surface area contributed by atoms with Gasteiger partial charge in [-0.05, 0) is 37.3 Å². The third-order valence-corrected chi connectivity index (χ3v) is 5.20. The van der Waals surface area contributed by atoms with Crippen molar-refractivity contribution in [3.63, 3.8) is 0 Å². The van der Waals surface area contributed by atoms with Crippen molar-refractivity contribution in [2.45, 2.75) is 37.3 Å². The van der Waals surface area contributed by atoms with Gasteiger partial charge in [0.25, 0.3) is 0 Å².